The number of nitrogens with zero attached hydrogens (tertiary/aromatic N) is 2. The fraction of sp³-hybridized carbons (Fsp3) is 0.0500. The van der Waals surface area contributed by atoms with Crippen LogP contribution in [0.5, 0.6) is 11.8 Å². The van der Waals surface area contributed by atoms with Crippen LogP contribution < -0.4 is 10.1 Å². The van der Waals surface area contributed by atoms with Crippen LogP contribution in [0.15, 0.2) is 67.0 Å². The van der Waals surface area contributed by atoms with Gasteiger partial charge in [-0.05, 0) is 60.2 Å². The van der Waals surface area contributed by atoms with Gasteiger partial charge in [-0.1, -0.05) is 11.6 Å². The van der Waals surface area contributed by atoms with Crippen molar-refractivity contribution in [3.63, 3.8) is 0 Å². The van der Waals surface area contributed by atoms with E-state index in [-0.39, 0.29) is 16.6 Å². The lowest BCUT2D eigenvalue weighted by Gasteiger charge is -2.08. The Morgan fingerprint density at radius 3 is 2.41 bits per heavy atom. The van der Waals surface area contributed by atoms with E-state index in [9.17, 15) is 18.0 Å². The van der Waals surface area contributed by atoms with Crippen LogP contribution in [0.4, 0.5) is 18.9 Å². The normalized spacial score (nSPS) is 11.4. The second-order valence-electron chi connectivity index (χ2n) is 5.71. The van der Waals surface area contributed by atoms with Gasteiger partial charge in [0.25, 0.3) is 0 Å². The SMILES string of the molecule is O=C(C=Cc1cc(C(F)(F)F)ccc1Cl)Nc1ccc(Oc2ncccn2)cc1. The minimum atomic E-state index is -4.50. The maximum absolute atomic E-state index is 12.8. The first-order valence-corrected chi connectivity index (χ1v) is 8.60. The number of halogens is 4. The standard InChI is InChI=1S/C20H13ClF3N3O2/c21-17-8-3-14(20(22,23)24)12-13(17)2-9-18(28)27-15-4-6-16(7-5-15)29-19-25-10-1-11-26-19/h1-12H,(H,27,28). The molecule has 1 heterocycles. The van der Waals surface area contributed by atoms with Crippen molar-refractivity contribution in [2.75, 3.05) is 5.32 Å². The molecule has 0 saturated carbocycles. The average Bonchev–Trinajstić information content (AvgIpc) is 2.69. The van der Waals surface area contributed by atoms with Gasteiger partial charge in [-0.3, -0.25) is 4.79 Å². The van der Waals surface area contributed by atoms with Gasteiger partial charge in [0.2, 0.25) is 5.91 Å². The Balaban J connectivity index is 1.63. The number of aromatic nitrogens is 2. The Morgan fingerprint density at radius 2 is 1.76 bits per heavy atom. The van der Waals surface area contributed by atoms with Crippen molar-refractivity contribution in [3.8, 4) is 11.8 Å². The van der Waals surface area contributed by atoms with Crippen molar-refractivity contribution in [1.82, 2.24) is 9.97 Å². The minimum Gasteiger partial charge on any atom is -0.424 e. The summed E-state index contributed by atoms with van der Waals surface area (Å²) in [5.41, 5.74) is -0.292. The van der Waals surface area contributed by atoms with Gasteiger partial charge < -0.3 is 10.1 Å². The number of carbonyl (C=O) groups excluding carboxylic acids is 1. The van der Waals surface area contributed by atoms with Crippen LogP contribution >= 0.6 is 11.6 Å². The summed E-state index contributed by atoms with van der Waals surface area (Å²) in [7, 11) is 0. The molecular weight excluding hydrogens is 407 g/mol. The van der Waals surface area contributed by atoms with Crippen LogP contribution in [0.3, 0.4) is 0 Å². The molecule has 29 heavy (non-hydrogen) atoms. The smallest absolute Gasteiger partial charge is 0.416 e. The fourth-order valence-corrected chi connectivity index (χ4v) is 2.43. The topological polar surface area (TPSA) is 64.1 Å². The number of amides is 1. The molecule has 0 radical (unpaired) electrons. The highest BCUT2D eigenvalue weighted by Gasteiger charge is 2.30. The largest absolute Gasteiger partial charge is 0.424 e. The molecule has 0 atom stereocenters. The average molecular weight is 420 g/mol. The van der Waals surface area contributed by atoms with Gasteiger partial charge in [-0.25, -0.2) is 9.97 Å². The van der Waals surface area contributed by atoms with Crippen molar-refractivity contribution in [3.05, 3.63) is 83.2 Å². The Hall–Kier alpha value is -3.39. The molecule has 0 saturated heterocycles. The van der Waals surface area contributed by atoms with E-state index in [0.717, 1.165) is 24.3 Å². The number of hydrogen-bond donors (Lipinski definition) is 1. The Kier molecular flexibility index (Phi) is 6.13. The lowest BCUT2D eigenvalue weighted by atomic mass is 10.1. The third-order valence-electron chi connectivity index (χ3n) is 3.61. The van der Waals surface area contributed by atoms with Crippen LogP contribution in [0, 0.1) is 0 Å². The van der Waals surface area contributed by atoms with E-state index in [0.29, 0.717) is 11.4 Å². The van der Waals surface area contributed by atoms with Crippen LogP contribution in [-0.4, -0.2) is 15.9 Å². The quantitative estimate of drug-likeness (QED) is 0.547. The van der Waals surface area contributed by atoms with E-state index < -0.39 is 17.6 Å². The zero-order chi connectivity index (χ0) is 20.9. The Morgan fingerprint density at radius 1 is 1.07 bits per heavy atom. The number of alkyl halides is 3. The molecule has 0 bridgehead atoms. The van der Waals surface area contributed by atoms with Crippen molar-refractivity contribution >= 4 is 29.3 Å². The molecule has 0 aliphatic heterocycles. The first-order valence-electron chi connectivity index (χ1n) is 8.22. The van der Waals surface area contributed by atoms with Gasteiger partial charge in [0.1, 0.15) is 5.75 Å². The summed E-state index contributed by atoms with van der Waals surface area (Å²) >= 11 is 5.90. The molecular formula is C20H13ClF3N3O2. The monoisotopic (exact) mass is 419 g/mol. The second-order valence-corrected chi connectivity index (χ2v) is 6.12. The number of hydrogen-bond acceptors (Lipinski definition) is 4. The first-order chi connectivity index (χ1) is 13.8. The predicted octanol–water partition coefficient (Wildman–Crippen LogP) is 5.59. The summed E-state index contributed by atoms with van der Waals surface area (Å²) in [4.78, 5) is 19.9. The fourth-order valence-electron chi connectivity index (χ4n) is 2.25. The summed E-state index contributed by atoms with van der Waals surface area (Å²) in [5.74, 6) is -0.0565. The van der Waals surface area contributed by atoms with Crippen molar-refractivity contribution in [2.24, 2.45) is 0 Å². The van der Waals surface area contributed by atoms with Gasteiger partial charge in [-0.15, -0.1) is 0 Å². The van der Waals surface area contributed by atoms with Crippen LogP contribution in [0.25, 0.3) is 6.08 Å². The first kappa shape index (κ1) is 20.3. The highest BCUT2D eigenvalue weighted by atomic mass is 35.5. The lowest BCUT2D eigenvalue weighted by molar-refractivity contribution is -0.137. The lowest BCUT2D eigenvalue weighted by Crippen LogP contribution is -2.08. The summed E-state index contributed by atoms with van der Waals surface area (Å²) in [6, 6.07) is 11.2. The van der Waals surface area contributed by atoms with Gasteiger partial charge >= 0.3 is 12.2 Å². The molecule has 3 rings (SSSR count). The molecule has 1 aromatic heterocycles. The molecule has 1 amide bonds. The number of anilines is 1. The minimum absolute atomic E-state index is 0.0863. The van der Waals surface area contributed by atoms with Crippen molar-refractivity contribution in [2.45, 2.75) is 6.18 Å². The summed E-state index contributed by atoms with van der Waals surface area (Å²) in [6.45, 7) is 0. The zero-order valence-corrected chi connectivity index (χ0v) is 15.4. The third-order valence-corrected chi connectivity index (χ3v) is 3.95. The van der Waals surface area contributed by atoms with Gasteiger partial charge in [0.05, 0.1) is 5.56 Å². The molecule has 2 aromatic carbocycles. The summed E-state index contributed by atoms with van der Waals surface area (Å²) in [5, 5.41) is 2.69. The third kappa shape index (κ3) is 5.79. The Labute approximate surface area is 168 Å². The summed E-state index contributed by atoms with van der Waals surface area (Å²) in [6.07, 6.45) is 0.907. The molecule has 1 N–H and O–H groups in total. The Bertz CT molecular complexity index is 1020. The molecule has 0 spiro atoms. The van der Waals surface area contributed by atoms with E-state index in [4.69, 9.17) is 16.3 Å². The van der Waals surface area contributed by atoms with Crippen LogP contribution in [0.1, 0.15) is 11.1 Å². The highest BCUT2D eigenvalue weighted by Crippen LogP contribution is 2.32. The maximum atomic E-state index is 12.8. The van der Waals surface area contributed by atoms with Crippen LogP contribution in [0.2, 0.25) is 5.02 Å². The van der Waals surface area contributed by atoms with E-state index in [1.165, 1.54) is 6.08 Å². The molecule has 0 unspecified atom stereocenters. The summed E-state index contributed by atoms with van der Waals surface area (Å²) < 4.78 is 43.8. The highest BCUT2D eigenvalue weighted by molar-refractivity contribution is 6.32. The van der Waals surface area contributed by atoms with E-state index >= 15 is 0 Å². The van der Waals surface area contributed by atoms with E-state index in [1.54, 1.807) is 42.7 Å². The van der Waals surface area contributed by atoms with Gasteiger partial charge in [0.15, 0.2) is 0 Å². The number of benzene rings is 2. The molecule has 148 valence electrons. The molecule has 3 aromatic rings. The molecule has 5 nitrogen and oxygen atoms in total. The molecule has 0 fully saturated rings. The zero-order valence-electron chi connectivity index (χ0n) is 14.7. The molecule has 9 heteroatoms. The number of rotatable bonds is 5. The predicted molar refractivity (Wildman–Crippen MR) is 103 cm³/mol. The number of carbonyl (C=O) groups is 1. The maximum Gasteiger partial charge on any atom is 0.416 e. The number of nitrogens with one attached hydrogen (secondary N) is 1. The molecule has 0 aliphatic rings. The van der Waals surface area contributed by atoms with Gasteiger partial charge in [0, 0.05) is 29.2 Å². The second kappa shape index (κ2) is 8.74. The molecule has 0 aliphatic carbocycles. The van der Waals surface area contributed by atoms with E-state index in [2.05, 4.69) is 15.3 Å². The van der Waals surface area contributed by atoms with Crippen molar-refractivity contribution in [1.29, 1.82) is 0 Å². The van der Waals surface area contributed by atoms with Crippen molar-refractivity contribution < 1.29 is 22.7 Å². The van der Waals surface area contributed by atoms with Crippen LogP contribution in [-0.2, 0) is 11.0 Å². The number of ether oxygens (including phenoxy) is 1. The van der Waals surface area contributed by atoms with Gasteiger partial charge in [-0.2, -0.15) is 13.2 Å². The van der Waals surface area contributed by atoms with E-state index in [1.807, 2.05) is 0 Å².